The molecule has 1 radical (unpaired) electrons. The van der Waals surface area contributed by atoms with E-state index in [-0.39, 0.29) is 45.3 Å². The summed E-state index contributed by atoms with van der Waals surface area (Å²) in [5, 5.41) is -0.344. The van der Waals surface area contributed by atoms with E-state index in [4.69, 9.17) is 21.1 Å². The van der Waals surface area contributed by atoms with Crippen molar-refractivity contribution in [2.45, 2.75) is 57.1 Å². The molecular formula is C20H22ClF4N4O2Sn. The molecule has 6 nitrogen and oxygen atoms in total. The van der Waals surface area contributed by atoms with Crippen molar-refractivity contribution < 1.29 is 27.0 Å². The van der Waals surface area contributed by atoms with E-state index in [0.717, 1.165) is 17.3 Å². The van der Waals surface area contributed by atoms with Gasteiger partial charge in [0.25, 0.3) is 0 Å². The summed E-state index contributed by atoms with van der Waals surface area (Å²) in [5.41, 5.74) is -0.189. The Morgan fingerprint density at radius 2 is 2.16 bits per heavy atom. The van der Waals surface area contributed by atoms with Crippen molar-refractivity contribution in [3.8, 4) is 11.9 Å². The summed E-state index contributed by atoms with van der Waals surface area (Å²) < 4.78 is 69.1. The summed E-state index contributed by atoms with van der Waals surface area (Å²) in [5.74, 6) is -0.822. The van der Waals surface area contributed by atoms with E-state index in [1.807, 2.05) is 0 Å². The average molecular weight is 581 g/mol. The topological polar surface area (TPSA) is 60.4 Å². The molecule has 3 aliphatic rings. The zero-order valence-electron chi connectivity index (χ0n) is 17.4. The van der Waals surface area contributed by atoms with Crippen LogP contribution in [0.4, 0.5) is 23.4 Å². The van der Waals surface area contributed by atoms with Crippen LogP contribution in [0.5, 0.6) is 11.9 Å². The fourth-order valence-corrected chi connectivity index (χ4v) is 16.1. The van der Waals surface area contributed by atoms with Crippen LogP contribution in [0.3, 0.4) is 0 Å². The Morgan fingerprint density at radius 3 is 2.94 bits per heavy atom. The summed E-state index contributed by atoms with van der Waals surface area (Å²) in [6.45, 7) is 1.41. The number of hydrogen-bond acceptors (Lipinski definition) is 6. The predicted octanol–water partition coefficient (Wildman–Crippen LogP) is 4.82. The number of hydrogen-bond donors (Lipinski definition) is 0. The van der Waals surface area contributed by atoms with Gasteiger partial charge in [0.1, 0.15) is 0 Å². The number of pyridine rings is 1. The summed E-state index contributed by atoms with van der Waals surface area (Å²) in [7, 11) is 0. The number of nitrogens with zero attached hydrogens (tertiary/aromatic N) is 4. The van der Waals surface area contributed by atoms with Crippen LogP contribution in [0.1, 0.15) is 26.2 Å². The molecule has 2 aromatic rings. The second kappa shape index (κ2) is 8.48. The molecule has 3 aliphatic heterocycles. The first-order valence-electron chi connectivity index (χ1n) is 10.6. The van der Waals surface area contributed by atoms with Gasteiger partial charge in [0.05, 0.1) is 0 Å². The minimum absolute atomic E-state index is 0.00225. The molecule has 5 heterocycles. The fourth-order valence-electron chi connectivity index (χ4n) is 5.21. The van der Waals surface area contributed by atoms with Gasteiger partial charge < -0.3 is 0 Å². The molecule has 173 valence electrons. The van der Waals surface area contributed by atoms with Gasteiger partial charge in [-0.05, 0) is 0 Å². The van der Waals surface area contributed by atoms with E-state index in [1.54, 1.807) is 6.92 Å². The minimum atomic E-state index is -2.65. The van der Waals surface area contributed by atoms with E-state index >= 15 is 0 Å². The van der Waals surface area contributed by atoms with Gasteiger partial charge in [-0.25, -0.2) is 0 Å². The van der Waals surface area contributed by atoms with E-state index in [0.29, 0.717) is 10.9 Å². The third-order valence-corrected chi connectivity index (χ3v) is 18.4. The Balaban J connectivity index is 1.57. The molecule has 5 rings (SSSR count). The zero-order valence-corrected chi connectivity index (χ0v) is 21.0. The van der Waals surface area contributed by atoms with Gasteiger partial charge in [0.2, 0.25) is 0 Å². The monoisotopic (exact) mass is 581 g/mol. The van der Waals surface area contributed by atoms with Crippen molar-refractivity contribution in [1.82, 2.24) is 15.0 Å². The molecule has 32 heavy (non-hydrogen) atoms. The number of alkyl halides is 3. The molecule has 0 aromatic carbocycles. The fraction of sp³-hybridized carbons (Fsp3) is 0.650. The van der Waals surface area contributed by atoms with Crippen LogP contribution in [0.25, 0.3) is 10.9 Å². The third kappa shape index (κ3) is 3.84. The van der Waals surface area contributed by atoms with E-state index < -0.39 is 55.9 Å². The quantitative estimate of drug-likeness (QED) is 0.287. The first-order valence-corrected chi connectivity index (χ1v) is 16.5. The van der Waals surface area contributed by atoms with Gasteiger partial charge in [-0.15, -0.1) is 0 Å². The molecule has 0 saturated carbocycles. The van der Waals surface area contributed by atoms with Crippen molar-refractivity contribution in [2.24, 2.45) is 0 Å². The first-order chi connectivity index (χ1) is 15.3. The van der Waals surface area contributed by atoms with Gasteiger partial charge in [-0.2, -0.15) is 0 Å². The first kappa shape index (κ1) is 22.5. The summed E-state index contributed by atoms with van der Waals surface area (Å²) in [6.07, 6.45) is -0.909. The van der Waals surface area contributed by atoms with Gasteiger partial charge in [-0.1, -0.05) is 0 Å². The second-order valence-electron chi connectivity index (χ2n) is 8.81. The Bertz CT molecular complexity index is 1050. The van der Waals surface area contributed by atoms with E-state index in [9.17, 15) is 17.6 Å². The Morgan fingerprint density at radius 1 is 1.34 bits per heavy atom. The van der Waals surface area contributed by atoms with Crippen molar-refractivity contribution >= 4 is 48.1 Å². The van der Waals surface area contributed by atoms with E-state index in [1.165, 1.54) is 4.90 Å². The second-order valence-corrected chi connectivity index (χ2v) is 18.2. The maximum absolute atomic E-state index is 14.9. The number of aromatic nitrogens is 3. The average Bonchev–Trinajstić information content (AvgIpc) is 3.23. The summed E-state index contributed by atoms with van der Waals surface area (Å²) in [6, 6.07) is -0.610. The summed E-state index contributed by atoms with van der Waals surface area (Å²) in [4.78, 5) is 13.9. The number of rotatable bonds is 5. The van der Waals surface area contributed by atoms with Crippen LogP contribution in [-0.2, 0) is 0 Å². The standard InChI is InChI=1S/C20H22ClF4N4O2.Sn/c1-4-5-12(6-10(2)22)9-31-20-26-16-14-18(28-20)29(7-13(23)24)11(3)8-30-19(14)27-17(21)15(16)25;/h10-11,13H,1-2,4-9H2,3H3;/t10-,11-;/m0./s1. The Kier molecular flexibility index (Phi) is 5.96. The van der Waals surface area contributed by atoms with Gasteiger partial charge >= 0.3 is 195 Å². The van der Waals surface area contributed by atoms with Crippen molar-refractivity contribution in [2.75, 3.05) is 24.7 Å². The normalized spacial score (nSPS) is 27.7. The Hall–Kier alpha value is -1.30. The third-order valence-electron chi connectivity index (χ3n) is 6.71. The molecule has 0 aliphatic carbocycles. The summed E-state index contributed by atoms with van der Waals surface area (Å²) >= 11 is 4.01. The van der Waals surface area contributed by atoms with Crippen LogP contribution in [-0.4, -0.2) is 73.1 Å². The van der Waals surface area contributed by atoms with Crippen molar-refractivity contribution in [3.05, 3.63) is 11.0 Å². The zero-order chi connectivity index (χ0) is 22.6. The van der Waals surface area contributed by atoms with Crippen LogP contribution in [0, 0.1) is 5.82 Å². The van der Waals surface area contributed by atoms with Crippen LogP contribution in [0.15, 0.2) is 0 Å². The van der Waals surface area contributed by atoms with Crippen LogP contribution < -0.4 is 14.4 Å². The molecule has 12 heteroatoms. The molecule has 0 amide bonds. The maximum atomic E-state index is 14.9. The molecular weight excluding hydrogens is 558 g/mol. The molecule has 0 spiro atoms. The molecule has 2 fully saturated rings. The molecule has 0 bridgehead atoms. The van der Waals surface area contributed by atoms with Crippen LogP contribution in [0.2, 0.25) is 17.5 Å². The van der Waals surface area contributed by atoms with Gasteiger partial charge in [0, 0.05) is 0 Å². The molecule has 0 N–H and O–H groups in total. The Labute approximate surface area is 194 Å². The number of fused-ring (bicyclic) bond motifs is 1. The molecule has 0 unspecified atom stereocenters. The number of halogens is 5. The number of ether oxygens (including phenoxy) is 2. The molecule has 2 aromatic heterocycles. The predicted molar refractivity (Wildman–Crippen MR) is 113 cm³/mol. The van der Waals surface area contributed by atoms with Gasteiger partial charge in [0.15, 0.2) is 0 Å². The van der Waals surface area contributed by atoms with Crippen molar-refractivity contribution in [1.29, 1.82) is 0 Å². The SMILES string of the molecule is C[C@H]1COc2nc(Cl)c(F)c3nc(OC[C@@]45CC[CH2][Sn]4[CH2][C@H](F)C5)nc(c23)N1CC(F)F. The number of anilines is 1. The van der Waals surface area contributed by atoms with E-state index in [2.05, 4.69) is 15.0 Å². The van der Waals surface area contributed by atoms with Crippen molar-refractivity contribution in [3.63, 3.8) is 0 Å². The van der Waals surface area contributed by atoms with Gasteiger partial charge in [-0.3, -0.25) is 0 Å². The molecule has 3 atom stereocenters. The molecule has 2 saturated heterocycles. The van der Waals surface area contributed by atoms with Crippen LogP contribution >= 0.6 is 11.6 Å².